The van der Waals surface area contributed by atoms with Gasteiger partial charge in [0, 0.05) is 5.56 Å². The van der Waals surface area contributed by atoms with Gasteiger partial charge >= 0.3 is 11.9 Å². The quantitative estimate of drug-likeness (QED) is 0.786. The van der Waals surface area contributed by atoms with Crippen LogP contribution in [0.25, 0.3) is 6.08 Å². The van der Waals surface area contributed by atoms with Gasteiger partial charge in [0.25, 0.3) is 0 Å². The summed E-state index contributed by atoms with van der Waals surface area (Å²) in [6, 6.07) is 5.30. The van der Waals surface area contributed by atoms with E-state index in [1.807, 2.05) is 6.07 Å². The van der Waals surface area contributed by atoms with Crippen molar-refractivity contribution in [2.24, 2.45) is 0 Å². The Morgan fingerprint density at radius 1 is 1.50 bits per heavy atom. The zero-order valence-corrected chi connectivity index (χ0v) is 8.47. The number of rotatable bonds is 3. The van der Waals surface area contributed by atoms with Gasteiger partial charge in [-0.2, -0.15) is 0 Å². The van der Waals surface area contributed by atoms with Crippen molar-refractivity contribution in [2.75, 3.05) is 0 Å². The number of fused-ring (bicyclic) bond motifs is 1. The number of aliphatic carboxylic acids is 1. The van der Waals surface area contributed by atoms with Crippen LogP contribution in [-0.2, 0) is 16.1 Å². The molecule has 4 heteroatoms. The topological polar surface area (TPSA) is 63.6 Å². The Morgan fingerprint density at radius 3 is 3.06 bits per heavy atom. The molecule has 0 fully saturated rings. The molecule has 1 N–H and O–H groups in total. The Labute approximate surface area is 92.2 Å². The first-order chi connectivity index (χ1) is 7.66. The predicted molar refractivity (Wildman–Crippen MR) is 56.8 cm³/mol. The van der Waals surface area contributed by atoms with Gasteiger partial charge in [-0.3, -0.25) is 4.79 Å². The molecular weight excluding hydrogens is 208 g/mol. The Bertz CT molecular complexity index is 474. The normalized spacial score (nSPS) is 13.9. The van der Waals surface area contributed by atoms with Crippen molar-refractivity contribution >= 4 is 18.0 Å². The summed E-state index contributed by atoms with van der Waals surface area (Å²) in [5.41, 5.74) is 2.32. The standard InChI is InChI=1S/C12H10O4/c13-11(14)3-1-2-8-4-5-10-9(6-8)7-16-12(10)15/h1-2,4-6H,3,7H2,(H,13,14). The number of carboxylic acids is 1. The second-order valence-electron chi connectivity index (χ2n) is 3.49. The van der Waals surface area contributed by atoms with Gasteiger partial charge in [-0.1, -0.05) is 18.2 Å². The van der Waals surface area contributed by atoms with Crippen LogP contribution in [0.15, 0.2) is 24.3 Å². The molecule has 1 aliphatic rings. The number of esters is 1. The van der Waals surface area contributed by atoms with Crippen LogP contribution in [0.4, 0.5) is 0 Å². The first kappa shape index (κ1) is 10.4. The van der Waals surface area contributed by atoms with E-state index in [4.69, 9.17) is 9.84 Å². The van der Waals surface area contributed by atoms with Crippen LogP contribution >= 0.6 is 0 Å². The number of carbonyl (C=O) groups excluding carboxylic acids is 1. The largest absolute Gasteiger partial charge is 0.481 e. The average molecular weight is 218 g/mol. The van der Waals surface area contributed by atoms with E-state index in [9.17, 15) is 9.59 Å². The van der Waals surface area contributed by atoms with Crippen LogP contribution in [0.5, 0.6) is 0 Å². The van der Waals surface area contributed by atoms with Gasteiger partial charge < -0.3 is 9.84 Å². The lowest BCUT2D eigenvalue weighted by Gasteiger charge is -1.96. The van der Waals surface area contributed by atoms with Crippen molar-refractivity contribution in [3.8, 4) is 0 Å². The van der Waals surface area contributed by atoms with Crippen molar-refractivity contribution in [1.29, 1.82) is 0 Å². The van der Waals surface area contributed by atoms with Gasteiger partial charge in [0.15, 0.2) is 0 Å². The number of cyclic esters (lactones) is 1. The summed E-state index contributed by atoms with van der Waals surface area (Å²) in [6.45, 7) is 0.300. The lowest BCUT2D eigenvalue weighted by Crippen LogP contribution is -1.93. The molecule has 82 valence electrons. The van der Waals surface area contributed by atoms with Crippen LogP contribution in [0, 0.1) is 0 Å². The number of carboxylic acid groups (broad SMARTS) is 1. The zero-order chi connectivity index (χ0) is 11.5. The Morgan fingerprint density at radius 2 is 2.31 bits per heavy atom. The molecule has 1 aromatic carbocycles. The van der Waals surface area contributed by atoms with Crippen molar-refractivity contribution < 1.29 is 19.4 Å². The third-order valence-electron chi connectivity index (χ3n) is 2.31. The number of carbonyl (C=O) groups is 2. The summed E-state index contributed by atoms with van der Waals surface area (Å²) in [7, 11) is 0. The molecule has 0 radical (unpaired) electrons. The van der Waals surface area contributed by atoms with E-state index in [2.05, 4.69) is 0 Å². The summed E-state index contributed by atoms with van der Waals surface area (Å²) in [4.78, 5) is 21.5. The Kier molecular flexibility index (Phi) is 2.72. The predicted octanol–water partition coefficient (Wildman–Crippen LogP) is 1.84. The monoisotopic (exact) mass is 218 g/mol. The van der Waals surface area contributed by atoms with Crippen LogP contribution in [0.2, 0.25) is 0 Å². The summed E-state index contributed by atoms with van der Waals surface area (Å²) in [5.74, 6) is -1.16. The number of ether oxygens (including phenoxy) is 1. The molecule has 1 aromatic rings. The minimum absolute atomic E-state index is 0.00743. The smallest absolute Gasteiger partial charge is 0.338 e. The molecule has 0 unspecified atom stereocenters. The van der Waals surface area contributed by atoms with E-state index < -0.39 is 5.97 Å². The molecule has 0 bridgehead atoms. The lowest BCUT2D eigenvalue weighted by molar-refractivity contribution is -0.135. The molecule has 0 spiro atoms. The van der Waals surface area contributed by atoms with E-state index in [0.29, 0.717) is 12.2 Å². The van der Waals surface area contributed by atoms with E-state index in [-0.39, 0.29) is 12.4 Å². The van der Waals surface area contributed by atoms with Crippen molar-refractivity contribution in [1.82, 2.24) is 0 Å². The maximum absolute atomic E-state index is 11.2. The third kappa shape index (κ3) is 2.11. The highest BCUT2D eigenvalue weighted by Crippen LogP contribution is 2.21. The van der Waals surface area contributed by atoms with Crippen molar-refractivity contribution in [2.45, 2.75) is 13.0 Å². The molecule has 0 aromatic heterocycles. The molecule has 1 heterocycles. The summed E-state index contributed by atoms with van der Waals surface area (Å²) in [6.07, 6.45) is 3.28. The van der Waals surface area contributed by atoms with Crippen LogP contribution in [0.3, 0.4) is 0 Å². The highest BCUT2D eigenvalue weighted by atomic mass is 16.5. The van der Waals surface area contributed by atoms with Crippen molar-refractivity contribution in [3.63, 3.8) is 0 Å². The van der Waals surface area contributed by atoms with Gasteiger partial charge in [0.1, 0.15) is 6.61 Å². The molecule has 0 amide bonds. The highest BCUT2D eigenvalue weighted by Gasteiger charge is 2.20. The SMILES string of the molecule is O=C(O)CC=Cc1ccc2c(c1)COC2=O. The first-order valence-electron chi connectivity index (χ1n) is 4.85. The third-order valence-corrected chi connectivity index (χ3v) is 2.31. The molecule has 0 saturated carbocycles. The molecule has 1 aliphatic heterocycles. The highest BCUT2D eigenvalue weighted by molar-refractivity contribution is 5.93. The summed E-state index contributed by atoms with van der Waals surface area (Å²) < 4.78 is 4.86. The first-order valence-corrected chi connectivity index (χ1v) is 4.85. The maximum atomic E-state index is 11.2. The van der Waals surface area contributed by atoms with Gasteiger partial charge in [-0.25, -0.2) is 4.79 Å². The van der Waals surface area contributed by atoms with Gasteiger partial charge in [0.05, 0.1) is 12.0 Å². The molecular formula is C12H10O4. The fourth-order valence-corrected chi connectivity index (χ4v) is 1.55. The van der Waals surface area contributed by atoms with Gasteiger partial charge in [-0.05, 0) is 17.7 Å². The molecule has 2 rings (SSSR count). The van der Waals surface area contributed by atoms with Gasteiger partial charge in [-0.15, -0.1) is 0 Å². The number of hydrogen-bond donors (Lipinski definition) is 1. The van der Waals surface area contributed by atoms with Gasteiger partial charge in [0.2, 0.25) is 0 Å². The van der Waals surface area contributed by atoms with E-state index in [1.54, 1.807) is 24.3 Å². The number of benzene rings is 1. The lowest BCUT2D eigenvalue weighted by atomic mass is 10.1. The Balaban J connectivity index is 2.16. The molecule has 16 heavy (non-hydrogen) atoms. The van der Waals surface area contributed by atoms with Crippen LogP contribution in [-0.4, -0.2) is 17.0 Å². The second kappa shape index (κ2) is 4.18. The van der Waals surface area contributed by atoms with E-state index in [1.165, 1.54) is 0 Å². The Hall–Kier alpha value is -2.10. The molecule has 0 atom stereocenters. The summed E-state index contributed by atoms with van der Waals surface area (Å²) in [5, 5.41) is 8.47. The van der Waals surface area contributed by atoms with Crippen LogP contribution in [0.1, 0.15) is 27.9 Å². The van der Waals surface area contributed by atoms with E-state index >= 15 is 0 Å². The fourth-order valence-electron chi connectivity index (χ4n) is 1.55. The van der Waals surface area contributed by atoms with Crippen LogP contribution < -0.4 is 0 Å². The molecule has 4 nitrogen and oxygen atoms in total. The average Bonchev–Trinajstić information content (AvgIpc) is 2.60. The fraction of sp³-hybridized carbons (Fsp3) is 0.167. The molecule has 0 aliphatic carbocycles. The van der Waals surface area contributed by atoms with E-state index in [0.717, 1.165) is 11.1 Å². The minimum atomic E-state index is -0.865. The molecule has 0 saturated heterocycles. The number of hydrogen-bond acceptors (Lipinski definition) is 3. The summed E-state index contributed by atoms with van der Waals surface area (Å²) >= 11 is 0. The van der Waals surface area contributed by atoms with Crippen molar-refractivity contribution in [3.05, 3.63) is 41.0 Å². The second-order valence-corrected chi connectivity index (χ2v) is 3.49. The zero-order valence-electron chi connectivity index (χ0n) is 8.47. The minimum Gasteiger partial charge on any atom is -0.481 e. The maximum Gasteiger partial charge on any atom is 0.338 e.